The molecule has 0 unspecified atom stereocenters. The molecule has 24 heavy (non-hydrogen) atoms. The monoisotopic (exact) mass is 326 g/mol. The maximum atomic E-state index is 11.9. The van der Waals surface area contributed by atoms with Crippen LogP contribution in [0.1, 0.15) is 22.3 Å². The summed E-state index contributed by atoms with van der Waals surface area (Å²) in [5.41, 5.74) is 4.56. The van der Waals surface area contributed by atoms with Crippen LogP contribution in [0.4, 0.5) is 0 Å². The molecule has 0 bridgehead atoms. The number of benzene rings is 2. The number of hydrogen-bond donors (Lipinski definition) is 1. The minimum atomic E-state index is -0.118. The van der Waals surface area contributed by atoms with E-state index in [9.17, 15) is 4.79 Å². The largest absolute Gasteiger partial charge is 0.484 e. The number of amides is 1. The van der Waals surface area contributed by atoms with E-state index in [4.69, 9.17) is 4.74 Å². The fourth-order valence-electron chi connectivity index (χ4n) is 2.48. The fraction of sp³-hybridized carbons (Fsp3) is 0.350. The molecule has 4 heteroatoms. The third-order valence-corrected chi connectivity index (χ3v) is 3.70. The summed E-state index contributed by atoms with van der Waals surface area (Å²) in [5, 5.41) is 2.89. The topological polar surface area (TPSA) is 41.6 Å². The Hall–Kier alpha value is -2.33. The molecular formula is C20H26N2O2. The highest BCUT2D eigenvalue weighted by atomic mass is 16.5. The summed E-state index contributed by atoms with van der Waals surface area (Å²) in [5.74, 6) is 0.635. The van der Waals surface area contributed by atoms with E-state index in [2.05, 4.69) is 22.3 Å². The van der Waals surface area contributed by atoms with E-state index in [1.165, 1.54) is 11.1 Å². The van der Waals surface area contributed by atoms with Crippen LogP contribution in [-0.2, 0) is 17.9 Å². The molecule has 0 fully saturated rings. The molecule has 0 aliphatic rings. The van der Waals surface area contributed by atoms with E-state index < -0.39 is 0 Å². The lowest BCUT2D eigenvalue weighted by atomic mass is 10.1. The second kappa shape index (κ2) is 8.50. The van der Waals surface area contributed by atoms with Crippen LogP contribution in [0.15, 0.2) is 42.5 Å². The average molecular weight is 326 g/mol. The van der Waals surface area contributed by atoms with Crippen molar-refractivity contribution in [3.05, 3.63) is 64.7 Å². The predicted octanol–water partition coefficient (Wildman–Crippen LogP) is 3.06. The zero-order chi connectivity index (χ0) is 17.5. The first kappa shape index (κ1) is 18.0. The number of nitrogens with zero attached hydrogens (tertiary/aromatic N) is 1. The predicted molar refractivity (Wildman–Crippen MR) is 97.1 cm³/mol. The zero-order valence-corrected chi connectivity index (χ0v) is 14.9. The molecule has 0 aliphatic carbocycles. The Morgan fingerprint density at radius 1 is 1.04 bits per heavy atom. The maximum Gasteiger partial charge on any atom is 0.258 e. The molecule has 128 valence electrons. The molecule has 2 aromatic rings. The number of carbonyl (C=O) groups excluding carboxylic acids is 1. The van der Waals surface area contributed by atoms with Gasteiger partial charge in [0.15, 0.2) is 6.61 Å². The highest BCUT2D eigenvalue weighted by Gasteiger charge is 2.05. The molecule has 1 N–H and O–H groups in total. The van der Waals surface area contributed by atoms with Crippen LogP contribution in [0.3, 0.4) is 0 Å². The Labute approximate surface area is 144 Å². The molecule has 0 atom stereocenters. The highest BCUT2D eigenvalue weighted by molar-refractivity contribution is 5.77. The number of aryl methyl sites for hydroxylation is 2. The van der Waals surface area contributed by atoms with Gasteiger partial charge >= 0.3 is 0 Å². The Balaban J connectivity index is 1.78. The van der Waals surface area contributed by atoms with Gasteiger partial charge in [-0.05, 0) is 50.7 Å². The molecular weight excluding hydrogens is 300 g/mol. The van der Waals surface area contributed by atoms with Gasteiger partial charge in [-0.15, -0.1) is 0 Å². The van der Waals surface area contributed by atoms with Gasteiger partial charge < -0.3 is 15.0 Å². The molecule has 2 rings (SSSR count). The molecule has 0 radical (unpaired) electrons. The minimum Gasteiger partial charge on any atom is -0.484 e. The van der Waals surface area contributed by atoms with Crippen LogP contribution in [0.2, 0.25) is 0 Å². The molecule has 2 aromatic carbocycles. The van der Waals surface area contributed by atoms with E-state index in [-0.39, 0.29) is 12.5 Å². The highest BCUT2D eigenvalue weighted by Crippen LogP contribution is 2.18. The lowest BCUT2D eigenvalue weighted by Crippen LogP contribution is -2.28. The first-order valence-electron chi connectivity index (χ1n) is 8.13. The first-order valence-corrected chi connectivity index (χ1v) is 8.13. The summed E-state index contributed by atoms with van der Waals surface area (Å²) in [6, 6.07) is 14.2. The van der Waals surface area contributed by atoms with Gasteiger partial charge in [-0.25, -0.2) is 0 Å². The van der Waals surface area contributed by atoms with Crippen LogP contribution < -0.4 is 10.1 Å². The molecule has 0 spiro atoms. The van der Waals surface area contributed by atoms with E-state index in [1.807, 2.05) is 58.3 Å². The van der Waals surface area contributed by atoms with Crippen LogP contribution >= 0.6 is 0 Å². The van der Waals surface area contributed by atoms with E-state index >= 15 is 0 Å². The van der Waals surface area contributed by atoms with Crippen LogP contribution in [0.5, 0.6) is 5.75 Å². The minimum absolute atomic E-state index is 0.0304. The molecule has 0 aromatic heterocycles. The number of carbonyl (C=O) groups is 1. The van der Waals surface area contributed by atoms with Crippen molar-refractivity contribution < 1.29 is 9.53 Å². The van der Waals surface area contributed by atoms with Crippen molar-refractivity contribution in [3.63, 3.8) is 0 Å². The van der Waals surface area contributed by atoms with Gasteiger partial charge in [0.05, 0.1) is 0 Å². The maximum absolute atomic E-state index is 11.9. The Kier molecular flexibility index (Phi) is 6.38. The van der Waals surface area contributed by atoms with E-state index in [0.29, 0.717) is 6.54 Å². The van der Waals surface area contributed by atoms with Gasteiger partial charge in [-0.1, -0.05) is 42.0 Å². The Morgan fingerprint density at radius 2 is 1.71 bits per heavy atom. The van der Waals surface area contributed by atoms with Crippen molar-refractivity contribution >= 4 is 5.91 Å². The van der Waals surface area contributed by atoms with Crippen LogP contribution in [0.25, 0.3) is 0 Å². The Bertz CT molecular complexity index is 679. The normalized spacial score (nSPS) is 10.7. The summed E-state index contributed by atoms with van der Waals surface area (Å²) >= 11 is 0. The van der Waals surface area contributed by atoms with Crippen LogP contribution in [-0.4, -0.2) is 31.5 Å². The van der Waals surface area contributed by atoms with Crippen molar-refractivity contribution in [2.45, 2.75) is 26.9 Å². The molecule has 0 saturated heterocycles. The smallest absolute Gasteiger partial charge is 0.258 e. The fourth-order valence-corrected chi connectivity index (χ4v) is 2.48. The van der Waals surface area contributed by atoms with Crippen molar-refractivity contribution in [2.75, 3.05) is 20.7 Å². The number of ether oxygens (including phenoxy) is 1. The van der Waals surface area contributed by atoms with Gasteiger partial charge in [0, 0.05) is 13.1 Å². The summed E-state index contributed by atoms with van der Waals surface area (Å²) in [7, 11) is 4.09. The zero-order valence-electron chi connectivity index (χ0n) is 14.9. The van der Waals surface area contributed by atoms with Gasteiger partial charge in [-0.3, -0.25) is 4.79 Å². The SMILES string of the molecule is Cc1ccc(OCC(=O)NCc2ccc(CN(C)C)cc2)c(C)c1. The lowest BCUT2D eigenvalue weighted by molar-refractivity contribution is -0.123. The number of hydrogen-bond acceptors (Lipinski definition) is 3. The van der Waals surface area contributed by atoms with Gasteiger partial charge in [0.1, 0.15) is 5.75 Å². The van der Waals surface area contributed by atoms with Crippen molar-refractivity contribution in [1.29, 1.82) is 0 Å². The second-order valence-electron chi connectivity index (χ2n) is 6.39. The van der Waals surface area contributed by atoms with Gasteiger partial charge in [0.2, 0.25) is 0 Å². The molecule has 0 aliphatic heterocycles. The molecule has 0 saturated carbocycles. The van der Waals surface area contributed by atoms with Crippen molar-refractivity contribution in [1.82, 2.24) is 10.2 Å². The summed E-state index contributed by atoms with van der Waals surface area (Å²) in [6.45, 7) is 5.47. The third kappa shape index (κ3) is 5.70. The van der Waals surface area contributed by atoms with Gasteiger partial charge in [-0.2, -0.15) is 0 Å². The Morgan fingerprint density at radius 3 is 2.33 bits per heavy atom. The summed E-state index contributed by atoms with van der Waals surface area (Å²) in [6.07, 6.45) is 0. The summed E-state index contributed by atoms with van der Waals surface area (Å²) in [4.78, 5) is 14.1. The third-order valence-electron chi connectivity index (χ3n) is 3.70. The summed E-state index contributed by atoms with van der Waals surface area (Å²) < 4.78 is 5.59. The molecule has 4 nitrogen and oxygen atoms in total. The molecule has 1 amide bonds. The van der Waals surface area contributed by atoms with Crippen LogP contribution in [0, 0.1) is 13.8 Å². The van der Waals surface area contributed by atoms with Gasteiger partial charge in [0.25, 0.3) is 5.91 Å². The van der Waals surface area contributed by atoms with E-state index in [0.717, 1.165) is 23.4 Å². The van der Waals surface area contributed by atoms with Crippen molar-refractivity contribution in [2.24, 2.45) is 0 Å². The number of nitrogens with one attached hydrogen (secondary N) is 1. The number of rotatable bonds is 7. The van der Waals surface area contributed by atoms with E-state index in [1.54, 1.807) is 0 Å². The first-order chi connectivity index (χ1) is 11.4. The standard InChI is InChI=1S/C20H26N2O2/c1-15-5-10-19(16(2)11-15)24-14-20(23)21-12-17-6-8-18(9-7-17)13-22(3)4/h5-11H,12-14H2,1-4H3,(H,21,23). The lowest BCUT2D eigenvalue weighted by Gasteiger charge is -2.11. The second-order valence-corrected chi connectivity index (χ2v) is 6.39. The quantitative estimate of drug-likeness (QED) is 0.850. The van der Waals surface area contributed by atoms with Crippen molar-refractivity contribution in [3.8, 4) is 5.75 Å². The average Bonchev–Trinajstić information content (AvgIpc) is 2.53. The molecule has 0 heterocycles.